The van der Waals surface area contributed by atoms with Crippen molar-refractivity contribution in [3.05, 3.63) is 63.2 Å². The predicted octanol–water partition coefficient (Wildman–Crippen LogP) is 3.78. The molecule has 26 heavy (non-hydrogen) atoms. The molecule has 1 unspecified atom stereocenters. The quantitative estimate of drug-likeness (QED) is 0.604. The molecule has 0 radical (unpaired) electrons. The van der Waals surface area contributed by atoms with Crippen LogP contribution in [0.1, 0.15) is 24.0 Å². The van der Waals surface area contributed by atoms with Gasteiger partial charge >= 0.3 is 12.1 Å². The summed E-state index contributed by atoms with van der Waals surface area (Å²) in [5.41, 5.74) is 1.61. The van der Waals surface area contributed by atoms with Gasteiger partial charge in [-0.1, -0.05) is 43.3 Å². The van der Waals surface area contributed by atoms with Gasteiger partial charge in [-0.05, 0) is 45.9 Å². The highest BCUT2D eigenvalue weighted by Gasteiger charge is 2.28. The summed E-state index contributed by atoms with van der Waals surface area (Å²) >= 11 is 2.12. The Hall–Kier alpha value is -2.29. The molecule has 0 aliphatic rings. The zero-order valence-corrected chi connectivity index (χ0v) is 16.6. The van der Waals surface area contributed by atoms with Crippen molar-refractivity contribution in [2.75, 3.05) is 7.11 Å². The number of aliphatic carboxylic acids is 1. The Bertz CT molecular complexity index is 766. The van der Waals surface area contributed by atoms with E-state index in [4.69, 9.17) is 9.47 Å². The molecule has 138 valence electrons. The number of alkyl carbamates (subject to hydrolysis) is 1. The second kappa shape index (κ2) is 9.42. The zero-order valence-electron chi connectivity index (χ0n) is 14.4. The minimum Gasteiger partial charge on any atom is -0.496 e. The molecule has 7 heteroatoms. The average molecular weight is 469 g/mol. The number of carboxylic acids is 1. The summed E-state index contributed by atoms with van der Waals surface area (Å²) in [5, 5.41) is 12.0. The highest BCUT2D eigenvalue weighted by atomic mass is 127. The largest absolute Gasteiger partial charge is 0.496 e. The number of hydrogen-bond acceptors (Lipinski definition) is 4. The number of halogens is 1. The molecule has 0 heterocycles. The van der Waals surface area contributed by atoms with E-state index in [0.29, 0.717) is 5.75 Å². The molecule has 2 aromatic carbocycles. The van der Waals surface area contributed by atoms with Crippen LogP contribution in [0.2, 0.25) is 0 Å². The molecule has 0 saturated carbocycles. The zero-order chi connectivity index (χ0) is 19.1. The summed E-state index contributed by atoms with van der Waals surface area (Å²) in [6.07, 6.45) is -0.767. The maximum Gasteiger partial charge on any atom is 0.408 e. The molecule has 0 saturated heterocycles. The second-order valence-corrected chi connectivity index (χ2v) is 6.87. The van der Waals surface area contributed by atoms with Gasteiger partial charge in [0.2, 0.25) is 0 Å². The first-order valence-corrected chi connectivity index (χ1v) is 9.03. The Morgan fingerprint density at radius 3 is 2.46 bits per heavy atom. The fourth-order valence-electron chi connectivity index (χ4n) is 2.45. The third-order valence-corrected chi connectivity index (χ3v) is 4.80. The van der Waals surface area contributed by atoms with Crippen LogP contribution in [0.3, 0.4) is 0 Å². The molecule has 0 spiro atoms. The lowest BCUT2D eigenvalue weighted by molar-refractivity contribution is -0.139. The maximum absolute atomic E-state index is 12.0. The van der Waals surface area contributed by atoms with Crippen LogP contribution in [-0.2, 0) is 16.1 Å². The number of amides is 1. The van der Waals surface area contributed by atoms with E-state index in [9.17, 15) is 14.7 Å². The lowest BCUT2D eigenvalue weighted by atomic mass is 9.93. The monoisotopic (exact) mass is 469 g/mol. The van der Waals surface area contributed by atoms with Gasteiger partial charge in [0.05, 0.1) is 10.7 Å². The third kappa shape index (κ3) is 5.35. The lowest BCUT2D eigenvalue weighted by Gasteiger charge is -2.22. The van der Waals surface area contributed by atoms with Crippen molar-refractivity contribution in [3.8, 4) is 5.75 Å². The Morgan fingerprint density at radius 1 is 1.19 bits per heavy atom. The number of ether oxygens (including phenoxy) is 2. The fourth-order valence-corrected chi connectivity index (χ4v) is 3.21. The molecular formula is C19H20INO5. The maximum atomic E-state index is 12.0. The van der Waals surface area contributed by atoms with Crippen LogP contribution in [0.4, 0.5) is 4.79 Å². The number of carbonyl (C=O) groups is 2. The van der Waals surface area contributed by atoms with Gasteiger partial charge in [-0.15, -0.1) is 0 Å². The minimum atomic E-state index is -1.13. The van der Waals surface area contributed by atoms with Crippen LogP contribution >= 0.6 is 22.6 Å². The van der Waals surface area contributed by atoms with Crippen LogP contribution < -0.4 is 10.1 Å². The summed E-state index contributed by atoms with van der Waals surface area (Å²) in [6.45, 7) is 1.82. The van der Waals surface area contributed by atoms with E-state index in [1.54, 1.807) is 26.2 Å². The van der Waals surface area contributed by atoms with Crippen LogP contribution in [0, 0.1) is 3.57 Å². The van der Waals surface area contributed by atoms with E-state index in [1.807, 2.05) is 36.4 Å². The van der Waals surface area contributed by atoms with Crippen molar-refractivity contribution in [3.63, 3.8) is 0 Å². The predicted molar refractivity (Wildman–Crippen MR) is 105 cm³/mol. The van der Waals surface area contributed by atoms with Crippen LogP contribution in [0.25, 0.3) is 0 Å². The normalized spacial score (nSPS) is 12.7. The summed E-state index contributed by atoms with van der Waals surface area (Å²) in [5.74, 6) is -0.861. The Labute approximate surface area is 165 Å². The van der Waals surface area contributed by atoms with E-state index in [2.05, 4.69) is 27.9 Å². The fraction of sp³-hybridized carbons (Fsp3) is 0.263. The molecule has 0 aromatic heterocycles. The van der Waals surface area contributed by atoms with Crippen LogP contribution in [0.15, 0.2) is 48.5 Å². The van der Waals surface area contributed by atoms with Gasteiger partial charge < -0.3 is 19.9 Å². The number of hydrogen-bond donors (Lipinski definition) is 2. The van der Waals surface area contributed by atoms with Gasteiger partial charge in [-0.25, -0.2) is 9.59 Å². The molecule has 2 aromatic rings. The standard InChI is InChI=1S/C19H20INO5/c1-12(14-8-9-16(25-2)15(20)10-14)17(18(22)23)21-19(24)26-11-13-6-4-3-5-7-13/h3-10,12,17H,11H2,1-2H3,(H,21,24)(H,22,23)/t12?,17-/m0/s1. The lowest BCUT2D eigenvalue weighted by Crippen LogP contribution is -2.44. The van der Waals surface area contributed by atoms with Crippen molar-refractivity contribution in [2.45, 2.75) is 25.5 Å². The minimum absolute atomic E-state index is 0.0772. The van der Waals surface area contributed by atoms with Crippen molar-refractivity contribution >= 4 is 34.7 Å². The third-order valence-electron chi connectivity index (χ3n) is 3.95. The highest BCUT2D eigenvalue weighted by Crippen LogP contribution is 2.27. The SMILES string of the molecule is COc1ccc(C(C)[C@H](NC(=O)OCc2ccccc2)C(=O)O)cc1I. The van der Waals surface area contributed by atoms with Crippen molar-refractivity contribution in [1.29, 1.82) is 0 Å². The van der Waals surface area contributed by atoms with Gasteiger partial charge in [0.25, 0.3) is 0 Å². The molecule has 0 aliphatic carbocycles. The number of methoxy groups -OCH3 is 1. The molecule has 0 bridgehead atoms. The molecule has 0 aliphatic heterocycles. The van der Waals surface area contributed by atoms with Gasteiger partial charge in [-0.2, -0.15) is 0 Å². The van der Waals surface area contributed by atoms with E-state index in [0.717, 1.165) is 14.7 Å². The summed E-state index contributed by atoms with van der Waals surface area (Å²) in [4.78, 5) is 23.7. The number of carboxylic acid groups (broad SMARTS) is 1. The van der Waals surface area contributed by atoms with Gasteiger partial charge in [0.1, 0.15) is 18.4 Å². The molecule has 2 rings (SSSR count). The van der Waals surface area contributed by atoms with E-state index >= 15 is 0 Å². The van der Waals surface area contributed by atoms with Crippen molar-refractivity contribution in [2.24, 2.45) is 0 Å². The van der Waals surface area contributed by atoms with Gasteiger partial charge in [0.15, 0.2) is 0 Å². The molecule has 2 atom stereocenters. The summed E-state index contributed by atoms with van der Waals surface area (Å²) < 4.78 is 11.2. The van der Waals surface area contributed by atoms with Crippen molar-refractivity contribution < 1.29 is 24.2 Å². The van der Waals surface area contributed by atoms with E-state index in [-0.39, 0.29) is 6.61 Å². The number of benzene rings is 2. The van der Waals surface area contributed by atoms with Crippen LogP contribution in [-0.4, -0.2) is 30.3 Å². The molecule has 1 amide bonds. The second-order valence-electron chi connectivity index (χ2n) is 5.70. The molecule has 6 nitrogen and oxygen atoms in total. The molecule has 0 fully saturated rings. The number of carbonyl (C=O) groups excluding carboxylic acids is 1. The van der Waals surface area contributed by atoms with Gasteiger partial charge in [0, 0.05) is 5.92 Å². The highest BCUT2D eigenvalue weighted by molar-refractivity contribution is 14.1. The molecule has 2 N–H and O–H groups in total. The van der Waals surface area contributed by atoms with Gasteiger partial charge in [-0.3, -0.25) is 0 Å². The topological polar surface area (TPSA) is 84.9 Å². The van der Waals surface area contributed by atoms with Crippen LogP contribution in [0.5, 0.6) is 5.75 Å². The molecular weight excluding hydrogens is 449 g/mol. The number of rotatable bonds is 7. The Kier molecular flexibility index (Phi) is 7.26. The average Bonchev–Trinajstić information content (AvgIpc) is 2.64. The number of nitrogens with one attached hydrogen (secondary N) is 1. The Balaban J connectivity index is 2.04. The summed E-state index contributed by atoms with van der Waals surface area (Å²) in [6, 6.07) is 13.5. The van der Waals surface area contributed by atoms with Crippen molar-refractivity contribution in [1.82, 2.24) is 5.32 Å². The Morgan fingerprint density at radius 2 is 1.88 bits per heavy atom. The summed E-state index contributed by atoms with van der Waals surface area (Å²) in [7, 11) is 1.57. The first kappa shape index (κ1) is 20.0. The van der Waals surface area contributed by atoms with E-state index in [1.165, 1.54) is 0 Å². The smallest absolute Gasteiger partial charge is 0.408 e. The van der Waals surface area contributed by atoms with E-state index < -0.39 is 24.0 Å². The first-order chi connectivity index (χ1) is 12.4. The first-order valence-electron chi connectivity index (χ1n) is 7.95.